The highest BCUT2D eigenvalue weighted by Crippen LogP contribution is 2.34. The monoisotopic (exact) mass is 351 g/mol. The molecule has 2 aliphatic heterocycles. The molecule has 1 amide bonds. The molecule has 25 heavy (non-hydrogen) atoms. The lowest BCUT2D eigenvalue weighted by molar-refractivity contribution is -0.369. The molecule has 0 aromatic heterocycles. The fraction of sp³-hybridized carbons (Fsp3) is 0.611. The largest absolute Gasteiger partial charge is 0.386 e. The molecule has 1 unspecified atom stereocenters. The molecule has 0 spiro atoms. The maximum Gasteiger partial charge on any atom is 0.217 e. The molecule has 0 bridgehead atoms. The van der Waals surface area contributed by atoms with Crippen molar-refractivity contribution in [3.8, 4) is 0 Å². The van der Waals surface area contributed by atoms with Gasteiger partial charge in [-0.1, -0.05) is 30.3 Å². The second kappa shape index (κ2) is 7.39. The van der Waals surface area contributed by atoms with Crippen LogP contribution >= 0.6 is 0 Å². The third-order valence-corrected chi connectivity index (χ3v) is 4.58. The summed E-state index contributed by atoms with van der Waals surface area (Å²) in [6.07, 6.45) is -2.30. The first-order valence-electron chi connectivity index (χ1n) is 8.41. The van der Waals surface area contributed by atoms with E-state index in [0.717, 1.165) is 5.56 Å². The minimum absolute atomic E-state index is 0.251. The number of carbonyl (C=O) groups excluding carboxylic acids is 1. The number of methoxy groups -OCH3 is 1. The van der Waals surface area contributed by atoms with Crippen molar-refractivity contribution < 1.29 is 28.8 Å². The van der Waals surface area contributed by atoms with Gasteiger partial charge in [0.15, 0.2) is 12.1 Å². The van der Waals surface area contributed by atoms with Crippen LogP contribution in [0.1, 0.15) is 19.4 Å². The number of amides is 1. The smallest absolute Gasteiger partial charge is 0.217 e. The van der Waals surface area contributed by atoms with Crippen LogP contribution in [0.5, 0.6) is 0 Å². The van der Waals surface area contributed by atoms with Gasteiger partial charge in [-0.25, -0.2) is 0 Å². The van der Waals surface area contributed by atoms with Crippen molar-refractivity contribution in [2.75, 3.05) is 13.7 Å². The zero-order valence-corrected chi connectivity index (χ0v) is 14.7. The number of ether oxygens (including phenoxy) is 4. The molecule has 2 heterocycles. The first-order valence-corrected chi connectivity index (χ1v) is 8.41. The summed E-state index contributed by atoms with van der Waals surface area (Å²) in [5.41, 5.74) is 1.08. The average molecular weight is 351 g/mol. The van der Waals surface area contributed by atoms with Gasteiger partial charge in [0.2, 0.25) is 5.91 Å². The SMILES string of the molecule is CO[C@H]1O[C@@H]2COC(C)(Cc3ccccc3)O[C@H]2[C@@H](NC(C)=O)[C@@H]1O. The fourth-order valence-corrected chi connectivity index (χ4v) is 3.45. The molecule has 2 fully saturated rings. The van der Waals surface area contributed by atoms with Crippen molar-refractivity contribution in [2.24, 2.45) is 0 Å². The minimum atomic E-state index is -1.03. The van der Waals surface area contributed by atoms with Gasteiger partial charge in [-0.05, 0) is 12.5 Å². The van der Waals surface area contributed by atoms with Gasteiger partial charge >= 0.3 is 0 Å². The zero-order chi connectivity index (χ0) is 18.0. The number of rotatable bonds is 4. The summed E-state index contributed by atoms with van der Waals surface area (Å²) in [6.45, 7) is 3.55. The van der Waals surface area contributed by atoms with E-state index in [1.165, 1.54) is 14.0 Å². The van der Waals surface area contributed by atoms with E-state index in [2.05, 4.69) is 5.32 Å². The lowest BCUT2D eigenvalue weighted by Crippen LogP contribution is -2.69. The predicted molar refractivity (Wildman–Crippen MR) is 88.7 cm³/mol. The summed E-state index contributed by atoms with van der Waals surface area (Å²) in [6, 6.07) is 9.24. The summed E-state index contributed by atoms with van der Waals surface area (Å²) in [7, 11) is 1.45. The number of carbonyl (C=O) groups is 1. The van der Waals surface area contributed by atoms with Crippen LogP contribution in [0.25, 0.3) is 0 Å². The molecule has 1 aromatic carbocycles. The maximum atomic E-state index is 11.6. The summed E-state index contributed by atoms with van der Waals surface area (Å²) >= 11 is 0. The number of nitrogens with one attached hydrogen (secondary N) is 1. The Morgan fingerprint density at radius 1 is 1.40 bits per heavy atom. The maximum absolute atomic E-state index is 11.6. The van der Waals surface area contributed by atoms with Gasteiger partial charge < -0.3 is 29.4 Å². The minimum Gasteiger partial charge on any atom is -0.386 e. The Morgan fingerprint density at radius 2 is 2.12 bits per heavy atom. The first-order chi connectivity index (χ1) is 11.9. The third-order valence-electron chi connectivity index (χ3n) is 4.58. The number of hydrogen-bond donors (Lipinski definition) is 2. The highest BCUT2D eigenvalue weighted by molar-refractivity contribution is 5.73. The molecule has 0 aliphatic carbocycles. The van der Waals surface area contributed by atoms with Crippen molar-refractivity contribution in [1.29, 1.82) is 0 Å². The van der Waals surface area contributed by atoms with Crippen LogP contribution in [0.3, 0.4) is 0 Å². The van der Waals surface area contributed by atoms with Gasteiger partial charge in [0.25, 0.3) is 0 Å². The molecule has 7 nitrogen and oxygen atoms in total. The predicted octanol–water partition coefficient (Wildman–Crippen LogP) is 0.598. The summed E-state index contributed by atoms with van der Waals surface area (Å²) in [4.78, 5) is 11.6. The summed E-state index contributed by atoms with van der Waals surface area (Å²) < 4.78 is 23.0. The lowest BCUT2D eigenvalue weighted by Gasteiger charge is -2.50. The Labute approximate surface area is 147 Å². The number of aliphatic hydroxyl groups is 1. The molecule has 0 saturated carbocycles. The summed E-state index contributed by atoms with van der Waals surface area (Å²) in [5, 5.41) is 13.3. The van der Waals surface area contributed by atoms with E-state index in [1.807, 2.05) is 37.3 Å². The first kappa shape index (κ1) is 18.3. The Balaban J connectivity index is 1.79. The number of benzene rings is 1. The van der Waals surface area contributed by atoms with E-state index in [0.29, 0.717) is 6.42 Å². The molecule has 1 aromatic rings. The van der Waals surface area contributed by atoms with Crippen molar-refractivity contribution in [2.45, 2.75) is 56.7 Å². The van der Waals surface area contributed by atoms with Crippen molar-refractivity contribution >= 4 is 5.91 Å². The van der Waals surface area contributed by atoms with Gasteiger partial charge in [0.05, 0.1) is 12.6 Å². The van der Waals surface area contributed by atoms with Crippen LogP contribution in [0.2, 0.25) is 0 Å². The van der Waals surface area contributed by atoms with Crippen LogP contribution in [-0.4, -0.2) is 61.2 Å². The van der Waals surface area contributed by atoms with Crippen LogP contribution in [0, 0.1) is 0 Å². The van der Waals surface area contributed by atoms with E-state index in [4.69, 9.17) is 18.9 Å². The van der Waals surface area contributed by atoms with Gasteiger partial charge in [0, 0.05) is 20.5 Å². The molecule has 0 radical (unpaired) electrons. The van der Waals surface area contributed by atoms with Gasteiger partial charge in [-0.3, -0.25) is 4.79 Å². The number of hydrogen-bond acceptors (Lipinski definition) is 6. The molecule has 3 rings (SSSR count). The highest BCUT2D eigenvalue weighted by atomic mass is 16.8. The normalized spacial score (nSPS) is 38.0. The topological polar surface area (TPSA) is 86.3 Å². The number of fused-ring (bicyclic) bond motifs is 1. The zero-order valence-electron chi connectivity index (χ0n) is 14.7. The van der Waals surface area contributed by atoms with Gasteiger partial charge in [0.1, 0.15) is 18.3 Å². The molecule has 2 saturated heterocycles. The Bertz CT molecular complexity index is 596. The average Bonchev–Trinajstić information content (AvgIpc) is 2.58. The molecule has 2 aliphatic rings. The van der Waals surface area contributed by atoms with Gasteiger partial charge in [-0.2, -0.15) is 0 Å². The molecule has 2 N–H and O–H groups in total. The number of aliphatic hydroxyl groups excluding tert-OH is 1. The van der Waals surface area contributed by atoms with E-state index < -0.39 is 36.4 Å². The van der Waals surface area contributed by atoms with E-state index in [1.54, 1.807) is 0 Å². The molecule has 138 valence electrons. The Kier molecular flexibility index (Phi) is 5.41. The van der Waals surface area contributed by atoms with Crippen molar-refractivity contribution in [3.63, 3.8) is 0 Å². The standard InChI is InChI=1S/C18H25NO6/c1-11(20)19-14-15(21)17(22-3)24-13-10-23-18(2,25-16(13)14)9-12-7-5-4-6-8-12/h4-8,13-17,21H,9-10H2,1-3H3,(H,19,20)/t13-,14+,15+,16-,17+,18?/m1/s1. The highest BCUT2D eigenvalue weighted by Gasteiger charge is 2.52. The van der Waals surface area contributed by atoms with Gasteiger partial charge in [-0.15, -0.1) is 0 Å². The van der Waals surface area contributed by atoms with Crippen molar-refractivity contribution in [3.05, 3.63) is 35.9 Å². The molecule has 6 atom stereocenters. The van der Waals surface area contributed by atoms with Crippen LogP contribution < -0.4 is 5.32 Å². The molecular weight excluding hydrogens is 326 g/mol. The van der Waals surface area contributed by atoms with E-state index >= 15 is 0 Å². The molecule has 7 heteroatoms. The fourth-order valence-electron chi connectivity index (χ4n) is 3.45. The third kappa shape index (κ3) is 4.02. The van der Waals surface area contributed by atoms with E-state index in [9.17, 15) is 9.90 Å². The Morgan fingerprint density at radius 3 is 2.76 bits per heavy atom. The second-order valence-electron chi connectivity index (χ2n) is 6.69. The second-order valence-corrected chi connectivity index (χ2v) is 6.69. The molecular formula is C18H25NO6. The Hall–Kier alpha value is -1.51. The lowest BCUT2D eigenvalue weighted by atomic mass is 9.93. The van der Waals surface area contributed by atoms with Crippen molar-refractivity contribution in [1.82, 2.24) is 5.32 Å². The summed E-state index contributed by atoms with van der Waals surface area (Å²) in [5.74, 6) is -1.12. The van der Waals surface area contributed by atoms with Crippen LogP contribution in [0.4, 0.5) is 0 Å². The van der Waals surface area contributed by atoms with Crippen LogP contribution in [-0.2, 0) is 30.2 Å². The van der Waals surface area contributed by atoms with Crippen LogP contribution in [0.15, 0.2) is 30.3 Å². The van der Waals surface area contributed by atoms with E-state index in [-0.39, 0.29) is 12.5 Å². The quantitative estimate of drug-likeness (QED) is 0.826.